The van der Waals surface area contributed by atoms with Crippen LogP contribution in [0.1, 0.15) is 107 Å². The van der Waals surface area contributed by atoms with Gasteiger partial charge in [0, 0.05) is 0 Å². The monoisotopic (exact) mass is 414 g/mol. The van der Waals surface area contributed by atoms with Crippen molar-refractivity contribution in [3.63, 3.8) is 0 Å². The largest absolute Gasteiger partial charge is 0.393 e. The molecule has 29 heavy (non-hydrogen) atoms. The topological polar surface area (TPSA) is 83.8 Å². The minimum atomic E-state index is -1.22. The van der Waals surface area contributed by atoms with Gasteiger partial charge >= 0.3 is 11.9 Å². The van der Waals surface area contributed by atoms with Crippen molar-refractivity contribution in [2.75, 3.05) is 0 Å². The van der Waals surface area contributed by atoms with E-state index in [0.717, 1.165) is 25.7 Å². The second-order valence-corrected chi connectivity index (χ2v) is 9.95. The van der Waals surface area contributed by atoms with Crippen molar-refractivity contribution in [2.24, 2.45) is 23.7 Å². The van der Waals surface area contributed by atoms with Crippen molar-refractivity contribution in [1.82, 2.24) is 0 Å². The summed E-state index contributed by atoms with van der Waals surface area (Å²) in [6.45, 7) is 15.4. The van der Waals surface area contributed by atoms with E-state index in [1.165, 1.54) is 0 Å². The molecular formula is C24H46O5. The van der Waals surface area contributed by atoms with Crippen LogP contribution in [0.2, 0.25) is 0 Å². The Labute approximate surface area is 178 Å². The van der Waals surface area contributed by atoms with E-state index < -0.39 is 35.0 Å². The van der Waals surface area contributed by atoms with Crippen LogP contribution in [-0.4, -0.2) is 33.4 Å². The Morgan fingerprint density at radius 1 is 0.759 bits per heavy atom. The molecule has 0 heterocycles. The Kier molecular flexibility index (Phi) is 12.3. The van der Waals surface area contributed by atoms with Crippen LogP contribution in [0, 0.1) is 23.7 Å². The van der Waals surface area contributed by atoms with E-state index >= 15 is 0 Å². The molecule has 0 amide bonds. The molecule has 172 valence electrons. The Bertz CT molecular complexity index is 449. The zero-order valence-electron chi connectivity index (χ0n) is 20.1. The zero-order chi connectivity index (χ0) is 22.8. The van der Waals surface area contributed by atoms with Crippen LogP contribution in [0.4, 0.5) is 0 Å². The van der Waals surface area contributed by atoms with Crippen LogP contribution < -0.4 is 0 Å². The minimum absolute atomic E-state index is 0.391. The standard InChI is InChI=1S/C24H46O5/c1-9-19(23(7,27)15-11-13-17(3)4)21(25)29-22(26)20(10-2)24(8,28)16-12-14-18(5)6/h17-20,27-28H,9-16H2,1-8H3. The molecule has 0 aromatic heterocycles. The fourth-order valence-electron chi connectivity index (χ4n) is 4.05. The molecule has 0 rings (SSSR count). The number of hydrogen-bond donors (Lipinski definition) is 2. The lowest BCUT2D eigenvalue weighted by molar-refractivity contribution is -0.176. The molecule has 0 fully saturated rings. The van der Waals surface area contributed by atoms with Gasteiger partial charge in [-0.2, -0.15) is 0 Å². The average molecular weight is 415 g/mol. The van der Waals surface area contributed by atoms with E-state index in [-0.39, 0.29) is 0 Å². The maximum atomic E-state index is 12.7. The van der Waals surface area contributed by atoms with Gasteiger partial charge in [0.25, 0.3) is 0 Å². The van der Waals surface area contributed by atoms with E-state index in [1.54, 1.807) is 13.8 Å². The molecule has 4 atom stereocenters. The van der Waals surface area contributed by atoms with Crippen LogP contribution in [-0.2, 0) is 14.3 Å². The molecule has 0 bridgehead atoms. The summed E-state index contributed by atoms with van der Waals surface area (Å²) in [5, 5.41) is 21.7. The molecule has 5 heteroatoms. The van der Waals surface area contributed by atoms with E-state index in [9.17, 15) is 19.8 Å². The van der Waals surface area contributed by atoms with Gasteiger partial charge in [-0.15, -0.1) is 0 Å². The Balaban J connectivity index is 5.04. The minimum Gasteiger partial charge on any atom is -0.393 e. The molecule has 0 aromatic carbocycles. The molecular weight excluding hydrogens is 368 g/mol. The lowest BCUT2D eigenvalue weighted by atomic mass is 9.81. The summed E-state index contributed by atoms with van der Waals surface area (Å²) in [4.78, 5) is 25.4. The summed E-state index contributed by atoms with van der Waals surface area (Å²) >= 11 is 0. The molecule has 0 aromatic rings. The highest BCUT2D eigenvalue weighted by Gasteiger charge is 2.41. The van der Waals surface area contributed by atoms with Crippen molar-refractivity contribution in [2.45, 2.75) is 118 Å². The lowest BCUT2D eigenvalue weighted by Crippen LogP contribution is -2.44. The highest BCUT2D eigenvalue weighted by Crippen LogP contribution is 2.31. The summed E-state index contributed by atoms with van der Waals surface area (Å²) in [5.74, 6) is -1.85. The number of rotatable bonds is 14. The number of aliphatic hydroxyl groups is 2. The smallest absolute Gasteiger partial charge is 0.319 e. The van der Waals surface area contributed by atoms with Crippen molar-refractivity contribution in [3.05, 3.63) is 0 Å². The second-order valence-electron chi connectivity index (χ2n) is 9.95. The predicted molar refractivity (Wildman–Crippen MR) is 117 cm³/mol. The summed E-state index contributed by atoms with van der Waals surface area (Å²) in [6, 6.07) is 0. The maximum Gasteiger partial charge on any atom is 0.319 e. The van der Waals surface area contributed by atoms with Gasteiger partial charge in [-0.05, 0) is 51.4 Å². The molecule has 2 N–H and O–H groups in total. The van der Waals surface area contributed by atoms with Crippen LogP contribution in [0.5, 0.6) is 0 Å². The lowest BCUT2D eigenvalue weighted by Gasteiger charge is -2.33. The van der Waals surface area contributed by atoms with Crippen LogP contribution in [0.15, 0.2) is 0 Å². The molecule has 0 radical (unpaired) electrons. The summed E-state index contributed by atoms with van der Waals surface area (Å²) < 4.78 is 5.19. The first kappa shape index (κ1) is 28.1. The van der Waals surface area contributed by atoms with Gasteiger partial charge in [-0.25, -0.2) is 0 Å². The predicted octanol–water partition coefficient (Wildman–Crippen LogP) is 5.26. The summed E-state index contributed by atoms with van der Waals surface area (Å²) in [7, 11) is 0. The average Bonchev–Trinajstić information content (AvgIpc) is 2.53. The van der Waals surface area contributed by atoms with Crippen LogP contribution in [0.25, 0.3) is 0 Å². The highest BCUT2D eigenvalue weighted by atomic mass is 16.6. The van der Waals surface area contributed by atoms with E-state index in [1.807, 2.05) is 13.8 Å². The van der Waals surface area contributed by atoms with Gasteiger partial charge in [0.2, 0.25) is 0 Å². The molecule has 0 saturated heterocycles. The van der Waals surface area contributed by atoms with Gasteiger partial charge in [0.05, 0.1) is 23.0 Å². The third kappa shape index (κ3) is 10.1. The molecule has 0 aliphatic heterocycles. The summed E-state index contributed by atoms with van der Waals surface area (Å²) in [6.07, 6.45) is 5.31. The van der Waals surface area contributed by atoms with Gasteiger partial charge < -0.3 is 14.9 Å². The Morgan fingerprint density at radius 3 is 1.31 bits per heavy atom. The van der Waals surface area contributed by atoms with Crippen molar-refractivity contribution in [3.8, 4) is 0 Å². The number of carbonyl (C=O) groups excluding carboxylic acids is 2. The number of hydrogen-bond acceptors (Lipinski definition) is 5. The van der Waals surface area contributed by atoms with Crippen LogP contribution in [0.3, 0.4) is 0 Å². The van der Waals surface area contributed by atoms with Gasteiger partial charge in [-0.1, -0.05) is 67.2 Å². The Morgan fingerprint density at radius 2 is 1.07 bits per heavy atom. The van der Waals surface area contributed by atoms with Crippen LogP contribution >= 0.6 is 0 Å². The molecule has 0 spiro atoms. The first-order chi connectivity index (χ1) is 13.3. The Hall–Kier alpha value is -0.940. The fraction of sp³-hybridized carbons (Fsp3) is 0.917. The number of ether oxygens (including phenoxy) is 1. The van der Waals surface area contributed by atoms with Crippen molar-refractivity contribution in [1.29, 1.82) is 0 Å². The van der Waals surface area contributed by atoms with Gasteiger partial charge in [0.15, 0.2) is 0 Å². The normalized spacial score (nSPS) is 18.2. The molecule has 0 aliphatic rings. The van der Waals surface area contributed by atoms with Crippen molar-refractivity contribution < 1.29 is 24.5 Å². The SMILES string of the molecule is CCC(C(=O)OC(=O)C(CC)C(C)(O)CCCC(C)C)C(C)(O)CCCC(C)C. The zero-order valence-corrected chi connectivity index (χ0v) is 20.1. The second kappa shape index (κ2) is 12.7. The summed E-state index contributed by atoms with van der Waals surface area (Å²) in [5.41, 5.74) is -2.44. The van der Waals surface area contributed by atoms with E-state index in [0.29, 0.717) is 37.5 Å². The molecule has 4 unspecified atom stereocenters. The molecule has 5 nitrogen and oxygen atoms in total. The first-order valence-electron chi connectivity index (χ1n) is 11.5. The number of carbonyl (C=O) groups is 2. The molecule has 0 aliphatic carbocycles. The van der Waals surface area contributed by atoms with E-state index in [4.69, 9.17) is 4.74 Å². The molecule has 0 saturated carbocycles. The van der Waals surface area contributed by atoms with E-state index in [2.05, 4.69) is 27.7 Å². The van der Waals surface area contributed by atoms with Gasteiger partial charge in [0.1, 0.15) is 0 Å². The highest BCUT2D eigenvalue weighted by molar-refractivity contribution is 5.89. The fourth-order valence-corrected chi connectivity index (χ4v) is 4.05. The maximum absolute atomic E-state index is 12.7. The quantitative estimate of drug-likeness (QED) is 0.299. The van der Waals surface area contributed by atoms with Gasteiger partial charge in [-0.3, -0.25) is 9.59 Å². The van der Waals surface area contributed by atoms with Crippen molar-refractivity contribution >= 4 is 11.9 Å². The first-order valence-corrected chi connectivity index (χ1v) is 11.5. The number of esters is 2. The third-order valence-corrected chi connectivity index (χ3v) is 6.02. The third-order valence-electron chi connectivity index (χ3n) is 6.02.